The number of hydrogen-bond acceptors (Lipinski definition) is 3. The Morgan fingerprint density at radius 1 is 1.35 bits per heavy atom. The van der Waals surface area contributed by atoms with Crippen molar-refractivity contribution in [1.29, 1.82) is 0 Å². The van der Waals surface area contributed by atoms with Crippen molar-refractivity contribution in [1.82, 2.24) is 19.8 Å². The van der Waals surface area contributed by atoms with Gasteiger partial charge in [-0.05, 0) is 45.2 Å². The number of aromatic nitrogens is 2. The molecule has 0 aliphatic carbocycles. The Bertz CT molecular complexity index is 543. The van der Waals surface area contributed by atoms with Gasteiger partial charge in [0, 0.05) is 37.7 Å². The molecule has 3 heterocycles. The molecule has 1 amide bonds. The van der Waals surface area contributed by atoms with E-state index in [1.54, 1.807) is 0 Å². The molecule has 0 aromatic carbocycles. The second kappa shape index (κ2) is 7.04. The van der Waals surface area contributed by atoms with Crippen molar-refractivity contribution in [3.05, 3.63) is 17.7 Å². The number of carbonyl (C=O) groups is 1. The molecule has 1 N–H and O–H groups in total. The Labute approximate surface area is 139 Å². The fourth-order valence-electron chi connectivity index (χ4n) is 3.92. The first kappa shape index (κ1) is 16.5. The average molecular weight is 318 g/mol. The number of hydrogen-bond donors (Lipinski definition) is 1. The molecule has 1 saturated heterocycles. The van der Waals surface area contributed by atoms with Crippen LogP contribution in [-0.4, -0.2) is 46.0 Å². The van der Waals surface area contributed by atoms with Crippen LogP contribution in [-0.2, 0) is 17.8 Å². The summed E-state index contributed by atoms with van der Waals surface area (Å²) in [5, 5.41) is 3.29. The molecule has 1 aromatic rings. The van der Waals surface area contributed by atoms with E-state index in [0.29, 0.717) is 5.92 Å². The zero-order chi connectivity index (χ0) is 16.4. The van der Waals surface area contributed by atoms with Gasteiger partial charge in [0.15, 0.2) is 0 Å². The maximum atomic E-state index is 12.6. The molecular weight excluding hydrogens is 288 g/mol. The normalized spacial score (nSPS) is 23.0. The molecule has 5 nitrogen and oxygen atoms in total. The van der Waals surface area contributed by atoms with Crippen LogP contribution in [0.3, 0.4) is 0 Å². The number of imidazole rings is 1. The van der Waals surface area contributed by atoms with Crippen molar-refractivity contribution in [3.8, 4) is 0 Å². The topological polar surface area (TPSA) is 50.2 Å². The largest absolute Gasteiger partial charge is 0.351 e. The maximum Gasteiger partial charge on any atom is 0.223 e. The van der Waals surface area contributed by atoms with Crippen LogP contribution in [0, 0.1) is 18.8 Å². The first-order valence-corrected chi connectivity index (χ1v) is 9.06. The van der Waals surface area contributed by atoms with E-state index in [1.165, 1.54) is 0 Å². The highest BCUT2D eigenvalue weighted by atomic mass is 16.2. The average Bonchev–Trinajstić information content (AvgIpc) is 2.86. The SMILES string of the molecule is Cc1cn2c(n1)CCC(NC(=O)C1CCN(CC(C)C)CC1)C2. The predicted molar refractivity (Wildman–Crippen MR) is 91.2 cm³/mol. The summed E-state index contributed by atoms with van der Waals surface area (Å²) in [7, 11) is 0. The van der Waals surface area contributed by atoms with Gasteiger partial charge in [0.05, 0.1) is 5.69 Å². The molecule has 3 rings (SSSR count). The van der Waals surface area contributed by atoms with Crippen LogP contribution in [0.2, 0.25) is 0 Å². The third-order valence-corrected chi connectivity index (χ3v) is 5.04. The number of carbonyl (C=O) groups excluding carboxylic acids is 1. The van der Waals surface area contributed by atoms with Gasteiger partial charge in [-0.1, -0.05) is 13.8 Å². The monoisotopic (exact) mass is 318 g/mol. The van der Waals surface area contributed by atoms with Gasteiger partial charge in [0.1, 0.15) is 5.82 Å². The van der Waals surface area contributed by atoms with Crippen molar-refractivity contribution in [2.24, 2.45) is 11.8 Å². The van der Waals surface area contributed by atoms with E-state index in [2.05, 4.69) is 39.8 Å². The maximum absolute atomic E-state index is 12.6. The molecule has 23 heavy (non-hydrogen) atoms. The summed E-state index contributed by atoms with van der Waals surface area (Å²) in [6, 6.07) is 0.261. The predicted octanol–water partition coefficient (Wildman–Crippen LogP) is 1.99. The van der Waals surface area contributed by atoms with Crippen molar-refractivity contribution in [2.45, 2.75) is 59.0 Å². The van der Waals surface area contributed by atoms with Crippen molar-refractivity contribution in [2.75, 3.05) is 19.6 Å². The van der Waals surface area contributed by atoms with Gasteiger partial charge < -0.3 is 14.8 Å². The summed E-state index contributed by atoms with van der Waals surface area (Å²) >= 11 is 0. The molecule has 5 heteroatoms. The van der Waals surface area contributed by atoms with Gasteiger partial charge in [0.2, 0.25) is 5.91 Å². The standard InChI is InChI=1S/C18H30N4O/c1-13(2)10-21-8-6-15(7-9-21)18(23)20-16-4-5-17-19-14(3)11-22(17)12-16/h11,13,15-16H,4-10,12H2,1-3H3,(H,20,23). The van der Waals surface area contributed by atoms with Gasteiger partial charge in [-0.15, -0.1) is 0 Å². The lowest BCUT2D eigenvalue weighted by atomic mass is 9.94. The van der Waals surface area contributed by atoms with E-state index in [-0.39, 0.29) is 17.9 Å². The molecule has 1 unspecified atom stereocenters. The van der Waals surface area contributed by atoms with Gasteiger partial charge in [-0.3, -0.25) is 4.79 Å². The van der Waals surface area contributed by atoms with Gasteiger partial charge in [-0.25, -0.2) is 4.98 Å². The Morgan fingerprint density at radius 3 is 2.78 bits per heavy atom. The number of amides is 1. The van der Waals surface area contributed by atoms with Crippen molar-refractivity contribution < 1.29 is 4.79 Å². The van der Waals surface area contributed by atoms with Crippen LogP contribution in [0.4, 0.5) is 0 Å². The fourth-order valence-corrected chi connectivity index (χ4v) is 3.92. The minimum Gasteiger partial charge on any atom is -0.351 e. The highest BCUT2D eigenvalue weighted by Gasteiger charge is 2.28. The summed E-state index contributed by atoms with van der Waals surface area (Å²) in [6.07, 6.45) is 6.07. The molecule has 0 radical (unpaired) electrons. The van der Waals surface area contributed by atoms with E-state index in [0.717, 1.165) is 63.4 Å². The van der Waals surface area contributed by atoms with Crippen LogP contribution in [0.25, 0.3) is 0 Å². The number of piperidine rings is 1. The van der Waals surface area contributed by atoms with Crippen molar-refractivity contribution in [3.63, 3.8) is 0 Å². The highest BCUT2D eigenvalue weighted by molar-refractivity contribution is 5.79. The Morgan fingerprint density at radius 2 is 2.09 bits per heavy atom. The van der Waals surface area contributed by atoms with E-state index >= 15 is 0 Å². The Kier molecular flexibility index (Phi) is 5.05. The second-order valence-corrected chi connectivity index (χ2v) is 7.66. The van der Waals surface area contributed by atoms with Crippen LogP contribution >= 0.6 is 0 Å². The van der Waals surface area contributed by atoms with E-state index in [9.17, 15) is 4.79 Å². The lowest BCUT2D eigenvalue weighted by molar-refractivity contribution is -0.127. The molecule has 0 saturated carbocycles. The minimum absolute atomic E-state index is 0.198. The van der Waals surface area contributed by atoms with Gasteiger partial charge in [-0.2, -0.15) is 0 Å². The quantitative estimate of drug-likeness (QED) is 0.924. The molecule has 0 bridgehead atoms. The molecule has 1 aromatic heterocycles. The van der Waals surface area contributed by atoms with Crippen LogP contribution in [0.15, 0.2) is 6.20 Å². The first-order valence-electron chi connectivity index (χ1n) is 9.06. The molecule has 2 aliphatic rings. The summed E-state index contributed by atoms with van der Waals surface area (Å²) in [6.45, 7) is 10.7. The zero-order valence-electron chi connectivity index (χ0n) is 14.7. The third-order valence-electron chi connectivity index (χ3n) is 5.04. The second-order valence-electron chi connectivity index (χ2n) is 7.66. The summed E-state index contributed by atoms with van der Waals surface area (Å²) in [5.41, 5.74) is 1.07. The van der Waals surface area contributed by atoms with Gasteiger partial charge in [0.25, 0.3) is 0 Å². The molecule has 2 aliphatic heterocycles. The Balaban J connectivity index is 1.47. The third kappa shape index (κ3) is 4.14. The Hall–Kier alpha value is -1.36. The minimum atomic E-state index is 0.198. The lowest BCUT2D eigenvalue weighted by Gasteiger charge is -2.33. The number of nitrogens with one attached hydrogen (secondary N) is 1. The fraction of sp³-hybridized carbons (Fsp3) is 0.778. The molecule has 0 spiro atoms. The zero-order valence-corrected chi connectivity index (χ0v) is 14.7. The summed E-state index contributed by atoms with van der Waals surface area (Å²) < 4.78 is 2.20. The number of nitrogens with zero attached hydrogens (tertiary/aromatic N) is 3. The lowest BCUT2D eigenvalue weighted by Crippen LogP contribution is -2.46. The first-order chi connectivity index (χ1) is 11.0. The van der Waals surface area contributed by atoms with E-state index in [1.807, 2.05) is 6.92 Å². The number of likely N-dealkylation sites (tertiary alicyclic amines) is 1. The molecule has 128 valence electrons. The van der Waals surface area contributed by atoms with Gasteiger partial charge >= 0.3 is 0 Å². The molecular formula is C18H30N4O. The van der Waals surface area contributed by atoms with Crippen LogP contribution < -0.4 is 5.32 Å². The summed E-state index contributed by atoms with van der Waals surface area (Å²) in [5.74, 6) is 2.33. The van der Waals surface area contributed by atoms with Crippen LogP contribution in [0.5, 0.6) is 0 Å². The molecule has 1 atom stereocenters. The smallest absolute Gasteiger partial charge is 0.223 e. The van der Waals surface area contributed by atoms with E-state index in [4.69, 9.17) is 0 Å². The van der Waals surface area contributed by atoms with Crippen molar-refractivity contribution >= 4 is 5.91 Å². The number of aryl methyl sites for hydroxylation is 2. The summed E-state index contributed by atoms with van der Waals surface area (Å²) in [4.78, 5) is 19.6. The van der Waals surface area contributed by atoms with Crippen LogP contribution in [0.1, 0.15) is 44.6 Å². The van der Waals surface area contributed by atoms with E-state index < -0.39 is 0 Å². The number of fused-ring (bicyclic) bond motifs is 1. The number of rotatable bonds is 4. The molecule has 1 fully saturated rings. The highest BCUT2D eigenvalue weighted by Crippen LogP contribution is 2.20.